The Bertz CT molecular complexity index is 7600. The first-order chi connectivity index (χ1) is 69.0. The Balaban J connectivity index is 0.000000182. The van der Waals surface area contributed by atoms with Gasteiger partial charge in [0.25, 0.3) is 0 Å². The van der Waals surface area contributed by atoms with Crippen LogP contribution >= 0.6 is 0 Å². The van der Waals surface area contributed by atoms with E-state index < -0.39 is 0 Å². The SMILES string of the molecule is CC(=O)C=C(C)O.CC(=O)C=C(C)O.Cc1cc(-c2ccccn2)[c-]c2ccccc12.Cc1cc2ccccc2[c-]c1-c1ccccn1.Cc1ccnc(-c2[c-]ccc3c2oc2ccccc23)c1.[Ir].[Ir].[Ir].[Ir].[Ir].[c-]1ccc2c(oc3ccccc32)c1-c1ccccn1.[c-]1ccccc1-c1cc(-c2ccccn2)ccn1.[c-]1ccccc1-c1ccccn1.[c-]1ccccc1-c1ccccn1.[c-]1ccccc1-c1ccccn1. The summed E-state index contributed by atoms with van der Waals surface area (Å²) in [6.45, 7) is 12.0. The van der Waals surface area contributed by atoms with E-state index in [1.165, 1.54) is 67.3 Å². The summed E-state index contributed by atoms with van der Waals surface area (Å²) in [5, 5.41) is 26.0. The molecule has 11 aromatic heterocycles. The van der Waals surface area contributed by atoms with Gasteiger partial charge in [-0.2, -0.15) is 0 Å². The number of fused-ring (bicyclic) bond motifs is 8. The number of aliphatic hydroxyl groups is 2. The molecule has 20 heteroatoms. The van der Waals surface area contributed by atoms with Gasteiger partial charge in [0.1, 0.15) is 11.2 Å². The number of pyridine rings is 9. The van der Waals surface area contributed by atoms with E-state index in [2.05, 4.69) is 181 Å². The van der Waals surface area contributed by atoms with Crippen molar-refractivity contribution in [1.29, 1.82) is 0 Å². The van der Waals surface area contributed by atoms with E-state index in [1.54, 1.807) is 37.2 Å². The first kappa shape index (κ1) is 114. The molecular weight excluding hydrogens is 2700 g/mol. The molecule has 0 saturated carbocycles. The summed E-state index contributed by atoms with van der Waals surface area (Å²) >= 11 is 0. The minimum absolute atomic E-state index is 0. The van der Waals surface area contributed by atoms with Gasteiger partial charge in [-0.1, -0.05) is 227 Å². The van der Waals surface area contributed by atoms with Crippen LogP contribution in [0.2, 0.25) is 0 Å². The number of hydrogen-bond acceptors (Lipinski definition) is 15. The number of aryl methyl sites for hydroxylation is 3. The van der Waals surface area contributed by atoms with Crippen LogP contribution < -0.4 is 0 Å². The average Bonchev–Trinajstić information content (AvgIpc) is 1.60. The number of ketones is 2. The van der Waals surface area contributed by atoms with Crippen LogP contribution in [0.4, 0.5) is 0 Å². The van der Waals surface area contributed by atoms with Gasteiger partial charge >= 0.3 is 0 Å². The minimum atomic E-state index is -0.125. The number of hydrogen-bond donors (Lipinski definition) is 2. The molecule has 5 radical (unpaired) electrons. The molecule has 11 heterocycles. The van der Waals surface area contributed by atoms with Crippen molar-refractivity contribution in [2.24, 2.45) is 0 Å². The smallest absolute Gasteiger partial charge is 0.155 e. The molecule has 2 N–H and O–H groups in total. The first-order valence-corrected chi connectivity index (χ1v) is 45.4. The quantitative estimate of drug-likeness (QED) is 0.0699. The monoisotopic (exact) mass is 2800 g/mol. The molecule has 0 aliphatic heterocycles. The van der Waals surface area contributed by atoms with E-state index in [0.29, 0.717) is 0 Å². The van der Waals surface area contributed by atoms with Gasteiger partial charge < -0.3 is 49.0 Å². The molecular formula is C126H97Ir5N9O6-8. The first-order valence-electron chi connectivity index (χ1n) is 45.4. The van der Waals surface area contributed by atoms with Gasteiger partial charge in [0, 0.05) is 191 Å². The van der Waals surface area contributed by atoms with Crippen molar-refractivity contribution < 1.29 is 129 Å². The van der Waals surface area contributed by atoms with Gasteiger partial charge in [-0.3, -0.25) is 24.5 Å². The zero-order valence-electron chi connectivity index (χ0n) is 80.4. The number of aliphatic hydroxyl groups excluding tert-OH is 2. The molecule has 0 amide bonds. The predicted molar refractivity (Wildman–Crippen MR) is 569 cm³/mol. The fourth-order valence-electron chi connectivity index (χ4n) is 14.7. The van der Waals surface area contributed by atoms with Crippen molar-refractivity contribution in [3.05, 3.63) is 527 Å². The molecule has 0 aliphatic carbocycles. The summed E-state index contributed by atoms with van der Waals surface area (Å²) in [5.41, 5.74) is 24.8. The zero-order chi connectivity index (χ0) is 98.1. The van der Waals surface area contributed by atoms with E-state index in [-0.39, 0.29) is 124 Å². The van der Waals surface area contributed by atoms with E-state index in [4.69, 9.17) is 19.0 Å². The molecule has 12 aromatic carbocycles. The van der Waals surface area contributed by atoms with E-state index >= 15 is 0 Å². The van der Waals surface area contributed by atoms with Crippen molar-refractivity contribution in [3.8, 4) is 101 Å². The van der Waals surface area contributed by atoms with Crippen molar-refractivity contribution in [1.82, 2.24) is 44.9 Å². The van der Waals surface area contributed by atoms with E-state index in [9.17, 15) is 9.59 Å². The molecule has 0 spiro atoms. The second-order valence-corrected chi connectivity index (χ2v) is 31.8. The Morgan fingerprint density at radius 2 is 0.603 bits per heavy atom. The molecule has 0 saturated heterocycles. The van der Waals surface area contributed by atoms with Crippen LogP contribution in [0.5, 0.6) is 0 Å². The Hall–Kier alpha value is -15.2. The third-order valence-electron chi connectivity index (χ3n) is 21.1. The molecule has 0 aliphatic rings. The molecule has 146 heavy (non-hydrogen) atoms. The van der Waals surface area contributed by atoms with Crippen LogP contribution in [0.25, 0.3) is 167 Å². The number of nitrogens with zero attached hydrogens (tertiary/aromatic N) is 9. The molecule has 15 nitrogen and oxygen atoms in total. The minimum Gasteiger partial charge on any atom is -0.512 e. The fraction of sp³-hybridized carbons (Fsp3) is 0.0556. The van der Waals surface area contributed by atoms with Gasteiger partial charge in [0.05, 0.1) is 28.4 Å². The summed E-state index contributed by atoms with van der Waals surface area (Å²) in [5.74, 6) is -0.125. The summed E-state index contributed by atoms with van der Waals surface area (Å²) in [6.07, 6.45) is 18.5. The standard InChI is InChI=1S/C18H12NO.C17H10NO.C16H11N2.2C16H12N.3C11H8N.2C5H8O2.5Ir/c1-12-9-10-19-16(11-12)15-7-4-6-14-13-5-2-3-8-17(13)20-18(14)15;1-2-10-16-12(6-1)13-7-5-8-14(17(13)19-16)15-9-3-4-11-18-15;1-2-6-13(7-3-1)16-12-14(9-11-18-16)15-8-4-5-10-17-15;1-12-10-14(16-8-4-5-9-17-16)11-13-6-2-3-7-15(12)13;1-12-10-13-6-2-3-7-14(13)11-15(12)16-8-4-5-9-17-16;3*1-2-6-10(7-3-1)11-8-4-5-9-12-11;2*1-4(6)3-5(2)7;;;;;/h2-6,8-11H,1H3;1-7,9-11H;1-6,8-12H;2*2-10H,1H3;3*1-6,8-9H;2*3,6H,1-2H3;;;;;/q8*-1;;;;;;;. The van der Waals surface area contributed by atoms with Crippen LogP contribution in [-0.4, -0.2) is 66.6 Å². The van der Waals surface area contributed by atoms with Crippen LogP contribution in [0.3, 0.4) is 0 Å². The Kier molecular flexibility index (Phi) is 47.3. The number of carbonyl (C=O) groups excluding carboxylic acids is 2. The number of benzene rings is 12. The Labute approximate surface area is 919 Å². The Morgan fingerprint density at radius 3 is 1.00 bits per heavy atom. The number of para-hydroxylation sites is 2. The molecule has 735 valence electrons. The maximum atomic E-state index is 10.0. The maximum absolute atomic E-state index is 10.0. The molecule has 0 unspecified atom stereocenters. The van der Waals surface area contributed by atoms with Crippen molar-refractivity contribution >= 4 is 77.0 Å². The molecule has 23 aromatic rings. The largest absolute Gasteiger partial charge is 0.512 e. The van der Waals surface area contributed by atoms with Gasteiger partial charge in [-0.05, 0) is 147 Å². The third kappa shape index (κ3) is 34.0. The van der Waals surface area contributed by atoms with Crippen molar-refractivity contribution in [2.45, 2.75) is 48.5 Å². The predicted octanol–water partition coefficient (Wildman–Crippen LogP) is 30.5. The molecule has 0 atom stereocenters. The van der Waals surface area contributed by atoms with Gasteiger partial charge in [0.15, 0.2) is 11.6 Å². The van der Waals surface area contributed by atoms with Crippen molar-refractivity contribution in [3.63, 3.8) is 0 Å². The number of rotatable bonds is 11. The summed E-state index contributed by atoms with van der Waals surface area (Å²) in [7, 11) is 0. The molecule has 0 fully saturated rings. The number of aromatic nitrogens is 9. The van der Waals surface area contributed by atoms with Crippen LogP contribution in [0.1, 0.15) is 44.4 Å². The summed E-state index contributed by atoms with van der Waals surface area (Å²) in [6, 6.07) is 152. The fourth-order valence-corrected chi connectivity index (χ4v) is 14.7. The number of furan rings is 2. The van der Waals surface area contributed by atoms with Gasteiger partial charge in [-0.25, -0.2) is 0 Å². The zero-order valence-corrected chi connectivity index (χ0v) is 92.4. The number of carbonyl (C=O) groups is 2. The van der Waals surface area contributed by atoms with E-state index in [1.807, 2.05) is 334 Å². The van der Waals surface area contributed by atoms with Crippen LogP contribution in [0, 0.1) is 69.3 Å². The topological polar surface area (TPSA) is 217 Å². The second-order valence-electron chi connectivity index (χ2n) is 31.8. The van der Waals surface area contributed by atoms with Crippen LogP contribution in [-0.2, 0) is 110 Å². The third-order valence-corrected chi connectivity index (χ3v) is 21.1. The average molecular weight is 2790 g/mol. The second kappa shape index (κ2) is 60.4. The van der Waals surface area contributed by atoms with Crippen LogP contribution in [0.15, 0.2) is 470 Å². The molecule has 23 rings (SSSR count). The van der Waals surface area contributed by atoms with Crippen molar-refractivity contribution in [2.75, 3.05) is 0 Å². The normalized spacial score (nSPS) is 10.2. The number of allylic oxidation sites excluding steroid dienone is 4. The Morgan fingerprint density at radius 1 is 0.260 bits per heavy atom. The summed E-state index contributed by atoms with van der Waals surface area (Å²) < 4.78 is 12.0. The summed E-state index contributed by atoms with van der Waals surface area (Å²) in [4.78, 5) is 59.0. The van der Waals surface area contributed by atoms with Gasteiger partial charge in [0.2, 0.25) is 0 Å². The molecule has 0 bridgehead atoms. The van der Waals surface area contributed by atoms with Gasteiger partial charge in [-0.15, -0.1) is 238 Å². The van der Waals surface area contributed by atoms with E-state index in [0.717, 1.165) is 156 Å². The maximum Gasteiger partial charge on any atom is 0.155 e.